The third-order valence-electron chi connectivity index (χ3n) is 4.42. The van der Waals surface area contributed by atoms with Crippen LogP contribution in [0.1, 0.15) is 38.5 Å². The van der Waals surface area contributed by atoms with E-state index in [9.17, 15) is 13.2 Å². The fourth-order valence-corrected chi connectivity index (χ4v) is 3.61. The average molecular weight is 482 g/mol. The minimum Gasteiger partial charge on any atom is -0.306 e. The molecule has 0 saturated carbocycles. The van der Waals surface area contributed by atoms with E-state index in [1.165, 1.54) is 0 Å². The first-order valence-corrected chi connectivity index (χ1v) is 12.0. The average Bonchev–Trinajstić information content (AvgIpc) is 2.56. The van der Waals surface area contributed by atoms with Crippen molar-refractivity contribution < 1.29 is 47.3 Å². The van der Waals surface area contributed by atoms with Crippen molar-refractivity contribution in [1.29, 1.82) is 0 Å². The third-order valence-corrected chi connectivity index (χ3v) is 5.48. The maximum atomic E-state index is 13.1. The van der Waals surface area contributed by atoms with Gasteiger partial charge in [-0.1, -0.05) is 0 Å². The second-order valence-electron chi connectivity index (χ2n) is 6.52. The molecule has 0 amide bonds. The molecule has 0 radical (unpaired) electrons. The number of piperidine rings is 1. The number of nitrogens with zero attached hydrogens (tertiary/aromatic N) is 1. The van der Waals surface area contributed by atoms with Gasteiger partial charge in [0, 0.05) is 0 Å². The summed E-state index contributed by atoms with van der Waals surface area (Å²) in [5, 5.41) is 0. The zero-order valence-corrected chi connectivity index (χ0v) is 17.5. The van der Waals surface area contributed by atoms with E-state index in [2.05, 4.69) is 9.83 Å². The van der Waals surface area contributed by atoms with Crippen LogP contribution in [-0.2, 0) is 12.5 Å². The summed E-state index contributed by atoms with van der Waals surface area (Å²) < 4.78 is 55.3. The Morgan fingerprint density at radius 3 is 2.36 bits per heavy atom. The number of rotatable bonds is 13. The van der Waals surface area contributed by atoms with Gasteiger partial charge in [-0.2, -0.15) is 13.2 Å². The number of unbranched alkanes of at least 4 members (excludes halogenated alkanes) is 2. The molecule has 1 saturated heterocycles. The molecule has 0 aliphatic carbocycles. The molecule has 1 aliphatic rings. The van der Waals surface area contributed by atoms with Gasteiger partial charge in [-0.05, 0) is 38.9 Å². The molecule has 0 aromatic rings. The van der Waals surface area contributed by atoms with Crippen molar-refractivity contribution in [2.75, 3.05) is 51.5 Å². The van der Waals surface area contributed by atoms with E-state index < -0.39 is 12.3 Å². The fourth-order valence-electron chi connectivity index (χ4n) is 2.86. The van der Waals surface area contributed by atoms with Crippen LogP contribution in [0.15, 0.2) is 0 Å². The van der Waals surface area contributed by atoms with Crippen LogP contribution in [-0.4, -0.2) is 68.7 Å². The Bertz CT molecular complexity index is 327. The molecule has 8 heteroatoms. The zero-order valence-electron chi connectivity index (χ0n) is 15.3. The molecule has 0 N–H and O–H groups in total. The molecule has 152 valence electrons. The summed E-state index contributed by atoms with van der Waals surface area (Å²) in [6.45, 7) is 3.32. The van der Waals surface area contributed by atoms with Crippen LogP contribution < -0.4 is 21.6 Å². The van der Waals surface area contributed by atoms with E-state index >= 15 is 0 Å². The van der Waals surface area contributed by atoms with Gasteiger partial charge >= 0.3 is 103 Å². The molecule has 1 rings (SSSR count). The van der Waals surface area contributed by atoms with Crippen molar-refractivity contribution in [3.8, 4) is 0 Å². The van der Waals surface area contributed by atoms with Crippen molar-refractivity contribution >= 4 is 0 Å². The van der Waals surface area contributed by atoms with Gasteiger partial charge in [0.1, 0.15) is 0 Å². The zero-order chi connectivity index (χ0) is 18.5. The number of ether oxygens (including phenoxy) is 2. The van der Waals surface area contributed by atoms with Crippen molar-refractivity contribution in [2.45, 2.75) is 50.8 Å². The van der Waals surface area contributed by atoms with E-state index in [4.69, 9.17) is 12.5 Å². The van der Waals surface area contributed by atoms with Crippen molar-refractivity contribution in [3.05, 3.63) is 0 Å². The molecule has 0 spiro atoms. The Kier molecular flexibility index (Phi) is 12.7. The summed E-state index contributed by atoms with van der Waals surface area (Å²) in [6, 6.07) is 0. The summed E-state index contributed by atoms with van der Waals surface area (Å²) in [4.78, 5) is 4.23. The molecule has 1 aliphatic heterocycles. The van der Waals surface area contributed by atoms with Gasteiger partial charge in [0.05, 0.1) is 0 Å². The number of alkyl halides is 4. The molecule has 1 atom stereocenters. The molecule has 1 heterocycles. The Morgan fingerprint density at radius 1 is 1.04 bits per heavy atom. The minimum atomic E-state index is -4.30. The van der Waals surface area contributed by atoms with Crippen LogP contribution >= 0.6 is 0 Å². The van der Waals surface area contributed by atoms with E-state index in [1.807, 2.05) is 7.05 Å². The third kappa shape index (κ3) is 11.6. The van der Waals surface area contributed by atoms with E-state index in [0.717, 1.165) is 51.8 Å². The molecule has 0 aromatic carbocycles. The van der Waals surface area contributed by atoms with Crippen molar-refractivity contribution in [2.24, 2.45) is 5.92 Å². The van der Waals surface area contributed by atoms with Crippen LogP contribution in [0, 0.1) is 5.92 Å². The molecule has 25 heavy (non-hydrogen) atoms. The van der Waals surface area contributed by atoms with Crippen LogP contribution in [0.4, 0.5) is 13.2 Å². The van der Waals surface area contributed by atoms with Crippen LogP contribution in [0.3, 0.4) is 0 Å². The quantitative estimate of drug-likeness (QED) is 0.218. The van der Waals surface area contributed by atoms with Crippen LogP contribution in [0.5, 0.6) is 0 Å². The van der Waals surface area contributed by atoms with Gasteiger partial charge in [0.15, 0.2) is 0 Å². The molecule has 0 aromatic heterocycles. The van der Waals surface area contributed by atoms with Crippen LogP contribution in [0.2, 0.25) is 0 Å². The Balaban J connectivity index is 2.11. The first-order valence-electron chi connectivity index (χ1n) is 8.99. The molecule has 0 bridgehead atoms. The molecular weight excluding hydrogens is 450 g/mol. The minimum absolute atomic E-state index is 0.000179. The Hall–Kier alpha value is 0.360. The first-order chi connectivity index (χ1) is 11.9. The SMILES string of the molecule is C[I-]OCCCCCOCCOC(CC1CCN(C)CC1)C(F)(F)F. The van der Waals surface area contributed by atoms with E-state index in [-0.39, 0.29) is 47.2 Å². The number of likely N-dealkylation sites (tertiary alicyclic amines) is 1. The number of hydrogen-bond acceptors (Lipinski definition) is 4. The number of hydrogen-bond donors (Lipinski definition) is 0. The standard InChI is InChI=1S/C17H32F3INO3/c1-21-25-11-5-3-4-10-23-12-13-24-16(17(18,19)20)14-15-6-8-22(2)9-7-15/h15-16H,3-14H2,1-2H3/q-1. The molecule has 1 unspecified atom stereocenters. The van der Waals surface area contributed by atoms with Gasteiger partial charge in [-0.15, -0.1) is 0 Å². The molecule has 1 fully saturated rings. The summed E-state index contributed by atoms with van der Waals surface area (Å²) in [6.07, 6.45) is -1.34. The van der Waals surface area contributed by atoms with E-state index in [0.29, 0.717) is 6.61 Å². The summed E-state index contributed by atoms with van der Waals surface area (Å²) in [5.74, 6) is 0.0940. The summed E-state index contributed by atoms with van der Waals surface area (Å²) in [7, 11) is 2.00. The van der Waals surface area contributed by atoms with E-state index in [1.54, 1.807) is 0 Å². The second-order valence-corrected chi connectivity index (χ2v) is 8.03. The predicted octanol–water partition coefficient (Wildman–Crippen LogP) is 0.503. The van der Waals surface area contributed by atoms with Gasteiger partial charge in [0.2, 0.25) is 0 Å². The van der Waals surface area contributed by atoms with Crippen molar-refractivity contribution in [3.63, 3.8) is 0 Å². The smallest absolute Gasteiger partial charge is 0.306 e. The molecular formula is C17H32F3INO3-. The van der Waals surface area contributed by atoms with Crippen molar-refractivity contribution in [1.82, 2.24) is 4.90 Å². The maximum absolute atomic E-state index is 13.1. The molecule has 4 nitrogen and oxygen atoms in total. The normalized spacial score (nSPS) is 18.8. The van der Waals surface area contributed by atoms with Gasteiger partial charge in [0.25, 0.3) is 0 Å². The van der Waals surface area contributed by atoms with Gasteiger partial charge in [-0.25, -0.2) is 0 Å². The fraction of sp³-hybridized carbons (Fsp3) is 1.00. The van der Waals surface area contributed by atoms with Gasteiger partial charge < -0.3 is 4.90 Å². The topological polar surface area (TPSA) is 30.9 Å². The predicted molar refractivity (Wildman–Crippen MR) is 87.2 cm³/mol. The summed E-state index contributed by atoms with van der Waals surface area (Å²) in [5.41, 5.74) is 0. The number of halogens is 4. The second kappa shape index (κ2) is 13.5. The van der Waals surface area contributed by atoms with Gasteiger partial charge in [-0.3, -0.25) is 0 Å². The Morgan fingerprint density at radius 2 is 1.72 bits per heavy atom. The van der Waals surface area contributed by atoms with Crippen LogP contribution in [0.25, 0.3) is 0 Å². The summed E-state index contributed by atoms with van der Waals surface area (Å²) >= 11 is -0.0951. The monoisotopic (exact) mass is 482 g/mol. The first kappa shape index (κ1) is 23.4. The Labute approximate surface area is 160 Å².